The van der Waals surface area contributed by atoms with Crippen LogP contribution in [0.25, 0.3) is 0 Å². The van der Waals surface area contributed by atoms with Crippen LogP contribution in [0, 0.1) is 12.8 Å². The Labute approximate surface area is 111 Å². The van der Waals surface area contributed by atoms with E-state index in [1.54, 1.807) is 0 Å². The van der Waals surface area contributed by atoms with Crippen LogP contribution in [0.4, 0.5) is 5.69 Å². The second kappa shape index (κ2) is 6.24. The summed E-state index contributed by atoms with van der Waals surface area (Å²) in [6, 6.07) is 6.82. The van der Waals surface area contributed by atoms with E-state index < -0.39 is 0 Å². The maximum atomic E-state index is 5.61. The number of hydrogen-bond acceptors (Lipinski definition) is 2. The maximum Gasteiger partial charge on any atom is 0.0396 e. The molecule has 0 aliphatic carbocycles. The van der Waals surface area contributed by atoms with Crippen LogP contribution in [0.2, 0.25) is 0 Å². The molecule has 100 valence electrons. The van der Waals surface area contributed by atoms with Crippen LogP contribution in [0.3, 0.4) is 0 Å². The Kier molecular flexibility index (Phi) is 4.65. The highest BCUT2D eigenvalue weighted by atomic mass is 15.1. The third-order valence-electron chi connectivity index (χ3n) is 4.23. The van der Waals surface area contributed by atoms with Crippen LogP contribution < -0.4 is 10.6 Å². The topological polar surface area (TPSA) is 29.3 Å². The van der Waals surface area contributed by atoms with E-state index in [1.165, 1.54) is 49.2 Å². The molecule has 1 aliphatic rings. The lowest BCUT2D eigenvalue weighted by Gasteiger charge is -2.34. The third-order valence-corrected chi connectivity index (χ3v) is 4.23. The fraction of sp³-hybridized carbons (Fsp3) is 0.625. The van der Waals surface area contributed by atoms with E-state index in [0.717, 1.165) is 18.9 Å². The number of benzene rings is 1. The highest BCUT2D eigenvalue weighted by molar-refractivity contribution is 5.54. The molecule has 0 unspecified atom stereocenters. The molecule has 1 aromatic carbocycles. The molecule has 1 aliphatic heterocycles. The van der Waals surface area contributed by atoms with Crippen LogP contribution in [-0.2, 0) is 6.42 Å². The van der Waals surface area contributed by atoms with Crippen LogP contribution >= 0.6 is 0 Å². The van der Waals surface area contributed by atoms with Crippen molar-refractivity contribution in [2.45, 2.75) is 39.5 Å². The number of nitrogens with zero attached hydrogens (tertiary/aromatic N) is 1. The first-order chi connectivity index (χ1) is 8.74. The molecule has 2 heteroatoms. The van der Waals surface area contributed by atoms with Gasteiger partial charge in [0.2, 0.25) is 0 Å². The summed E-state index contributed by atoms with van der Waals surface area (Å²) in [7, 11) is 0. The van der Waals surface area contributed by atoms with E-state index in [-0.39, 0.29) is 0 Å². The number of aryl methyl sites for hydroxylation is 1. The van der Waals surface area contributed by atoms with Crippen molar-refractivity contribution in [2.24, 2.45) is 11.7 Å². The van der Waals surface area contributed by atoms with Gasteiger partial charge in [0.25, 0.3) is 0 Å². The van der Waals surface area contributed by atoms with Crippen molar-refractivity contribution in [3.05, 3.63) is 29.3 Å². The normalized spacial score (nSPS) is 17.2. The molecule has 2 nitrogen and oxygen atoms in total. The van der Waals surface area contributed by atoms with Gasteiger partial charge in [0.05, 0.1) is 0 Å². The van der Waals surface area contributed by atoms with Gasteiger partial charge in [0.15, 0.2) is 0 Å². The third kappa shape index (κ3) is 3.05. The summed E-state index contributed by atoms with van der Waals surface area (Å²) in [6.07, 6.45) is 5.02. The molecule has 0 aromatic heterocycles. The summed E-state index contributed by atoms with van der Waals surface area (Å²) >= 11 is 0. The van der Waals surface area contributed by atoms with E-state index in [9.17, 15) is 0 Å². The molecule has 0 saturated carbocycles. The Morgan fingerprint density at radius 3 is 2.56 bits per heavy atom. The fourth-order valence-electron chi connectivity index (χ4n) is 2.98. The SMILES string of the molecule is CCC1CCN(c2ccc(CCN)cc2C)CC1. The number of nitrogens with two attached hydrogens (primary N) is 1. The van der Waals surface area contributed by atoms with Crippen molar-refractivity contribution < 1.29 is 0 Å². The molecule has 1 aromatic rings. The maximum absolute atomic E-state index is 5.61. The first-order valence-corrected chi connectivity index (χ1v) is 7.29. The Hall–Kier alpha value is -1.02. The fourth-order valence-corrected chi connectivity index (χ4v) is 2.98. The van der Waals surface area contributed by atoms with Crippen molar-refractivity contribution in [1.82, 2.24) is 0 Å². The molecule has 0 bridgehead atoms. The zero-order valence-electron chi connectivity index (χ0n) is 11.8. The zero-order chi connectivity index (χ0) is 13.0. The minimum atomic E-state index is 0.737. The predicted molar refractivity (Wildman–Crippen MR) is 79.2 cm³/mol. The van der Waals surface area contributed by atoms with Crippen molar-refractivity contribution in [1.29, 1.82) is 0 Å². The molecular formula is C16H26N2. The number of anilines is 1. The van der Waals surface area contributed by atoms with Crippen molar-refractivity contribution in [2.75, 3.05) is 24.5 Å². The molecule has 1 fully saturated rings. The van der Waals surface area contributed by atoms with Gasteiger partial charge >= 0.3 is 0 Å². The molecule has 0 amide bonds. The molecule has 1 heterocycles. The van der Waals surface area contributed by atoms with Gasteiger partial charge in [-0.1, -0.05) is 25.5 Å². The average Bonchev–Trinajstić information content (AvgIpc) is 2.40. The molecule has 2 rings (SSSR count). The second-order valence-electron chi connectivity index (χ2n) is 5.50. The van der Waals surface area contributed by atoms with Gasteiger partial charge in [0, 0.05) is 18.8 Å². The summed E-state index contributed by atoms with van der Waals surface area (Å²) in [6.45, 7) is 7.71. The van der Waals surface area contributed by atoms with E-state index in [0.29, 0.717) is 0 Å². The first-order valence-electron chi connectivity index (χ1n) is 7.29. The summed E-state index contributed by atoms with van der Waals surface area (Å²) in [4.78, 5) is 2.55. The highest BCUT2D eigenvalue weighted by Crippen LogP contribution is 2.27. The summed E-state index contributed by atoms with van der Waals surface area (Å²) in [5, 5.41) is 0. The Balaban J connectivity index is 2.05. The number of hydrogen-bond donors (Lipinski definition) is 1. The van der Waals surface area contributed by atoms with Gasteiger partial charge in [-0.05, 0) is 55.8 Å². The lowest BCUT2D eigenvalue weighted by atomic mass is 9.93. The van der Waals surface area contributed by atoms with E-state index >= 15 is 0 Å². The quantitative estimate of drug-likeness (QED) is 0.884. The Bertz CT molecular complexity index is 379. The zero-order valence-corrected chi connectivity index (χ0v) is 11.8. The van der Waals surface area contributed by atoms with Gasteiger partial charge in [-0.25, -0.2) is 0 Å². The largest absolute Gasteiger partial charge is 0.371 e. The van der Waals surface area contributed by atoms with Crippen LogP contribution in [0.1, 0.15) is 37.3 Å². The van der Waals surface area contributed by atoms with Gasteiger partial charge in [-0.2, -0.15) is 0 Å². The van der Waals surface area contributed by atoms with Gasteiger partial charge in [-0.15, -0.1) is 0 Å². The summed E-state index contributed by atoms with van der Waals surface area (Å²) < 4.78 is 0. The van der Waals surface area contributed by atoms with Crippen molar-refractivity contribution in [3.8, 4) is 0 Å². The van der Waals surface area contributed by atoms with E-state index in [4.69, 9.17) is 5.73 Å². The van der Waals surface area contributed by atoms with E-state index in [2.05, 4.69) is 36.9 Å². The lowest BCUT2D eigenvalue weighted by molar-refractivity contribution is 0.395. The smallest absolute Gasteiger partial charge is 0.0396 e. The summed E-state index contributed by atoms with van der Waals surface area (Å²) in [5.41, 5.74) is 9.80. The lowest BCUT2D eigenvalue weighted by Crippen LogP contribution is -2.33. The van der Waals surface area contributed by atoms with Crippen molar-refractivity contribution >= 4 is 5.69 Å². The van der Waals surface area contributed by atoms with E-state index in [1.807, 2.05) is 0 Å². The standard InChI is InChI=1S/C16H26N2/c1-3-14-7-10-18(11-8-14)16-5-4-15(6-9-17)12-13(16)2/h4-5,12,14H,3,6-11,17H2,1-2H3. The predicted octanol–water partition coefficient (Wildman–Crippen LogP) is 3.12. The first kappa shape index (κ1) is 13.4. The monoisotopic (exact) mass is 246 g/mol. The Morgan fingerprint density at radius 1 is 1.28 bits per heavy atom. The molecule has 2 N–H and O–H groups in total. The summed E-state index contributed by atoms with van der Waals surface area (Å²) in [5.74, 6) is 0.943. The number of rotatable bonds is 4. The molecule has 1 saturated heterocycles. The van der Waals surface area contributed by atoms with Crippen LogP contribution in [0.5, 0.6) is 0 Å². The van der Waals surface area contributed by atoms with Crippen molar-refractivity contribution in [3.63, 3.8) is 0 Å². The second-order valence-corrected chi connectivity index (χ2v) is 5.50. The minimum Gasteiger partial charge on any atom is -0.371 e. The van der Waals surface area contributed by atoms with Crippen LogP contribution in [-0.4, -0.2) is 19.6 Å². The molecule has 0 atom stereocenters. The molecule has 0 radical (unpaired) electrons. The van der Waals surface area contributed by atoms with Crippen LogP contribution in [0.15, 0.2) is 18.2 Å². The van der Waals surface area contributed by atoms with Gasteiger partial charge in [-0.3, -0.25) is 0 Å². The molecular weight excluding hydrogens is 220 g/mol. The van der Waals surface area contributed by atoms with Gasteiger partial charge in [0.1, 0.15) is 0 Å². The molecule has 18 heavy (non-hydrogen) atoms. The van der Waals surface area contributed by atoms with Gasteiger partial charge < -0.3 is 10.6 Å². The number of piperidine rings is 1. The average molecular weight is 246 g/mol. The minimum absolute atomic E-state index is 0.737. The Morgan fingerprint density at radius 2 is 2.00 bits per heavy atom. The highest BCUT2D eigenvalue weighted by Gasteiger charge is 2.18. The molecule has 0 spiro atoms.